The lowest BCUT2D eigenvalue weighted by molar-refractivity contribution is 0.0789. The van der Waals surface area contributed by atoms with Crippen molar-refractivity contribution >= 4 is 29.7 Å². The molecule has 2 heterocycles. The topological polar surface area (TPSA) is 51.0 Å². The van der Waals surface area contributed by atoms with Crippen molar-refractivity contribution in [2.24, 2.45) is 0 Å². The number of thiazole rings is 1. The zero-order valence-electron chi connectivity index (χ0n) is 19.6. The van der Waals surface area contributed by atoms with Crippen LogP contribution < -0.4 is 0 Å². The summed E-state index contributed by atoms with van der Waals surface area (Å²) in [6, 6.07) is 18.6. The maximum Gasteiger partial charge on any atom is 0.265 e. The van der Waals surface area contributed by atoms with Crippen molar-refractivity contribution in [3.05, 3.63) is 98.8 Å². The molecule has 0 unspecified atom stereocenters. The van der Waals surface area contributed by atoms with Gasteiger partial charge in [0.25, 0.3) is 5.91 Å². The van der Waals surface area contributed by atoms with Crippen molar-refractivity contribution in [3.63, 3.8) is 0 Å². The Morgan fingerprint density at radius 2 is 1.61 bits per heavy atom. The minimum atomic E-state index is -0.0171. The van der Waals surface area contributed by atoms with Crippen LogP contribution >= 0.6 is 23.7 Å². The lowest BCUT2D eigenvalue weighted by Crippen LogP contribution is -2.26. The lowest BCUT2D eigenvalue weighted by Gasteiger charge is -2.16. The summed E-state index contributed by atoms with van der Waals surface area (Å²) in [5, 5.41) is 5.49. The van der Waals surface area contributed by atoms with Gasteiger partial charge in [0.05, 0.1) is 11.4 Å². The molecule has 5 nitrogen and oxygen atoms in total. The number of carbonyl (C=O) groups is 1. The first-order valence-corrected chi connectivity index (χ1v) is 11.5. The van der Waals surface area contributed by atoms with Gasteiger partial charge in [0.2, 0.25) is 5.13 Å². The van der Waals surface area contributed by atoms with Crippen LogP contribution in [-0.2, 0) is 13.0 Å². The lowest BCUT2D eigenvalue weighted by atomic mass is 10.0. The van der Waals surface area contributed by atoms with Crippen LogP contribution in [0, 0.1) is 27.7 Å². The molecule has 4 aromatic rings. The molecule has 0 saturated heterocycles. The molecule has 0 N–H and O–H groups in total. The van der Waals surface area contributed by atoms with E-state index in [1.807, 2.05) is 55.9 Å². The van der Waals surface area contributed by atoms with E-state index in [0.717, 1.165) is 34.2 Å². The first-order valence-electron chi connectivity index (χ1n) is 10.7. The van der Waals surface area contributed by atoms with E-state index in [9.17, 15) is 4.79 Å². The highest BCUT2D eigenvalue weighted by molar-refractivity contribution is 7.16. The fourth-order valence-electron chi connectivity index (χ4n) is 3.80. The predicted octanol–water partition coefficient (Wildman–Crippen LogP) is 5.85. The minimum absolute atomic E-state index is 0. The van der Waals surface area contributed by atoms with Crippen molar-refractivity contribution in [3.8, 4) is 5.13 Å². The molecule has 0 aliphatic carbocycles. The van der Waals surface area contributed by atoms with Crippen molar-refractivity contribution < 1.29 is 4.79 Å². The van der Waals surface area contributed by atoms with E-state index in [2.05, 4.69) is 38.1 Å². The van der Waals surface area contributed by atoms with Gasteiger partial charge in [-0.2, -0.15) is 5.10 Å². The number of hydrogen-bond acceptors (Lipinski definition) is 4. The number of halogens is 1. The number of carbonyl (C=O) groups excluding carboxylic acids is 1. The average Bonchev–Trinajstić information content (AvgIpc) is 3.29. The molecule has 172 valence electrons. The molecule has 4 rings (SSSR count). The first kappa shape index (κ1) is 24.7. The van der Waals surface area contributed by atoms with Crippen LogP contribution in [0.5, 0.6) is 0 Å². The van der Waals surface area contributed by atoms with Gasteiger partial charge in [0.1, 0.15) is 4.88 Å². The molecule has 0 aliphatic heterocycles. The number of amides is 1. The number of aryl methyl sites for hydroxylation is 3. The smallest absolute Gasteiger partial charge is 0.265 e. The molecule has 0 bridgehead atoms. The van der Waals surface area contributed by atoms with Crippen LogP contribution in [0.1, 0.15) is 49.0 Å². The van der Waals surface area contributed by atoms with Gasteiger partial charge in [-0.1, -0.05) is 71.5 Å². The second-order valence-electron chi connectivity index (χ2n) is 8.28. The Morgan fingerprint density at radius 1 is 0.939 bits per heavy atom. The highest BCUT2D eigenvalue weighted by atomic mass is 35.5. The Morgan fingerprint density at radius 3 is 2.27 bits per heavy atom. The molecule has 7 heteroatoms. The Bertz CT molecular complexity index is 1250. The minimum Gasteiger partial charge on any atom is -0.337 e. The molecule has 33 heavy (non-hydrogen) atoms. The quantitative estimate of drug-likeness (QED) is 0.348. The van der Waals surface area contributed by atoms with Gasteiger partial charge in [0, 0.05) is 31.3 Å². The fraction of sp³-hybridized carbons (Fsp3) is 0.269. The number of rotatable bonds is 6. The van der Waals surface area contributed by atoms with Gasteiger partial charge in [-0.15, -0.1) is 12.4 Å². The molecule has 0 spiro atoms. The molecule has 2 aromatic carbocycles. The van der Waals surface area contributed by atoms with Crippen LogP contribution in [0.15, 0.2) is 54.6 Å². The van der Waals surface area contributed by atoms with Crippen LogP contribution in [-0.4, -0.2) is 32.6 Å². The second kappa shape index (κ2) is 10.3. The van der Waals surface area contributed by atoms with E-state index >= 15 is 0 Å². The predicted molar refractivity (Wildman–Crippen MR) is 137 cm³/mol. The second-order valence-corrected chi connectivity index (χ2v) is 9.26. The molecule has 2 aromatic heterocycles. The summed E-state index contributed by atoms with van der Waals surface area (Å²) in [5.74, 6) is -0.0171. The average molecular weight is 481 g/mol. The van der Waals surface area contributed by atoms with E-state index < -0.39 is 0 Å². The van der Waals surface area contributed by atoms with Crippen LogP contribution in [0.3, 0.4) is 0 Å². The van der Waals surface area contributed by atoms with E-state index in [0.29, 0.717) is 11.4 Å². The van der Waals surface area contributed by atoms with Crippen molar-refractivity contribution in [2.75, 3.05) is 7.05 Å². The number of aromatic nitrogens is 3. The summed E-state index contributed by atoms with van der Waals surface area (Å²) in [7, 11) is 1.83. The normalized spacial score (nSPS) is 10.7. The molecule has 0 fully saturated rings. The fourth-order valence-corrected chi connectivity index (χ4v) is 4.87. The SMILES string of the molecule is Cc1ccc(Cc2c(C)nn(-c3nc(C)c(C(=O)N(C)Cc4ccccc4)s3)c2C)cc1.Cl. The summed E-state index contributed by atoms with van der Waals surface area (Å²) in [5.41, 5.74) is 7.61. The molecular formula is C26H29ClN4OS. The van der Waals surface area contributed by atoms with Gasteiger partial charge >= 0.3 is 0 Å². The Kier molecular flexibility index (Phi) is 7.72. The summed E-state index contributed by atoms with van der Waals surface area (Å²) < 4.78 is 1.88. The van der Waals surface area contributed by atoms with Crippen molar-refractivity contribution in [1.82, 2.24) is 19.7 Å². The van der Waals surface area contributed by atoms with E-state index in [1.54, 1.807) is 4.90 Å². The van der Waals surface area contributed by atoms with Crippen LogP contribution in [0.2, 0.25) is 0 Å². The number of nitrogens with zero attached hydrogens (tertiary/aromatic N) is 4. The Labute approximate surface area is 205 Å². The summed E-state index contributed by atoms with van der Waals surface area (Å²) in [6.07, 6.45) is 0.827. The van der Waals surface area contributed by atoms with Gasteiger partial charge in [0.15, 0.2) is 0 Å². The summed E-state index contributed by atoms with van der Waals surface area (Å²) >= 11 is 1.40. The molecule has 1 amide bonds. The van der Waals surface area contributed by atoms with Crippen molar-refractivity contribution in [2.45, 2.75) is 40.7 Å². The van der Waals surface area contributed by atoms with Crippen LogP contribution in [0.25, 0.3) is 5.13 Å². The van der Waals surface area contributed by atoms with E-state index in [-0.39, 0.29) is 18.3 Å². The zero-order chi connectivity index (χ0) is 22.8. The summed E-state index contributed by atoms with van der Waals surface area (Å²) in [6.45, 7) is 8.66. The molecule has 0 saturated carbocycles. The standard InChI is InChI=1S/C26H28N4OS.ClH/c1-17-11-13-21(14-12-17)15-23-18(2)28-30(20(23)4)26-27-19(3)24(32-26)25(31)29(5)16-22-9-7-6-8-10-22;/h6-14H,15-16H2,1-5H3;1H. The summed E-state index contributed by atoms with van der Waals surface area (Å²) in [4.78, 5) is 20.2. The zero-order valence-corrected chi connectivity index (χ0v) is 21.3. The Balaban J connectivity index is 0.00000306. The molecular weight excluding hydrogens is 452 g/mol. The number of hydrogen-bond donors (Lipinski definition) is 0. The van der Waals surface area contributed by atoms with Gasteiger partial charge in [-0.3, -0.25) is 4.79 Å². The molecule has 0 aliphatic rings. The van der Waals surface area contributed by atoms with Gasteiger partial charge in [-0.25, -0.2) is 9.67 Å². The third kappa shape index (κ3) is 5.34. The third-order valence-electron chi connectivity index (χ3n) is 5.71. The van der Waals surface area contributed by atoms with Crippen LogP contribution in [0.4, 0.5) is 0 Å². The monoisotopic (exact) mass is 480 g/mol. The maximum absolute atomic E-state index is 13.1. The molecule has 0 radical (unpaired) electrons. The highest BCUT2D eigenvalue weighted by Gasteiger charge is 2.22. The van der Waals surface area contributed by atoms with Crippen molar-refractivity contribution in [1.29, 1.82) is 0 Å². The van der Waals surface area contributed by atoms with E-state index in [4.69, 9.17) is 10.1 Å². The third-order valence-corrected chi connectivity index (χ3v) is 6.83. The maximum atomic E-state index is 13.1. The first-order chi connectivity index (χ1) is 15.3. The van der Waals surface area contributed by atoms with Gasteiger partial charge < -0.3 is 4.90 Å². The van der Waals surface area contributed by atoms with Gasteiger partial charge in [-0.05, 0) is 38.8 Å². The number of benzene rings is 2. The largest absolute Gasteiger partial charge is 0.337 e. The highest BCUT2D eigenvalue weighted by Crippen LogP contribution is 2.27. The Hall–Kier alpha value is -2.96. The molecule has 0 atom stereocenters. The van der Waals surface area contributed by atoms with E-state index in [1.165, 1.54) is 28.0 Å².